The smallest absolute Gasteiger partial charge is 0.270 e. The standard InChI is InChI=1S/C25H26F2N2O3/c1-4-10-31-24-7-5-6-22-20(24)12-23(25(30)28-13-16(2)32-17(3)14-28)29(22)15-18-11-19(26)8-9-21(18)27/h4-9,11-12,16-17H,1,10,13-15H2,2-3H3/t16-,17-/m0/s1. The summed E-state index contributed by atoms with van der Waals surface area (Å²) < 4.78 is 41.6. The van der Waals surface area contributed by atoms with Gasteiger partial charge in [0.15, 0.2) is 0 Å². The first kappa shape index (κ1) is 22.0. The molecule has 2 aromatic carbocycles. The number of carbonyl (C=O) groups is 1. The molecule has 168 valence electrons. The van der Waals surface area contributed by atoms with Gasteiger partial charge in [-0.25, -0.2) is 8.78 Å². The van der Waals surface area contributed by atoms with E-state index in [-0.39, 0.29) is 30.2 Å². The second-order valence-corrected chi connectivity index (χ2v) is 8.11. The van der Waals surface area contributed by atoms with Crippen LogP contribution in [0.5, 0.6) is 5.75 Å². The summed E-state index contributed by atoms with van der Waals surface area (Å²) >= 11 is 0. The molecular formula is C25H26F2N2O3. The van der Waals surface area contributed by atoms with Gasteiger partial charge in [0.25, 0.3) is 5.91 Å². The zero-order valence-electron chi connectivity index (χ0n) is 18.2. The van der Waals surface area contributed by atoms with Crippen LogP contribution in [0.4, 0.5) is 8.78 Å². The topological polar surface area (TPSA) is 43.7 Å². The Morgan fingerprint density at radius 2 is 1.94 bits per heavy atom. The highest BCUT2D eigenvalue weighted by atomic mass is 19.1. The molecule has 0 radical (unpaired) electrons. The summed E-state index contributed by atoms with van der Waals surface area (Å²) in [5, 5.41) is 0.726. The summed E-state index contributed by atoms with van der Waals surface area (Å²) in [6, 6.07) is 10.6. The lowest BCUT2D eigenvalue weighted by molar-refractivity contribution is -0.0588. The van der Waals surface area contributed by atoms with Crippen LogP contribution in [0.25, 0.3) is 10.9 Å². The lowest BCUT2D eigenvalue weighted by atomic mass is 10.2. The van der Waals surface area contributed by atoms with Crippen LogP contribution in [0.1, 0.15) is 29.9 Å². The first-order chi connectivity index (χ1) is 15.4. The molecule has 1 aromatic heterocycles. The number of aromatic nitrogens is 1. The zero-order chi connectivity index (χ0) is 22.8. The third-order valence-electron chi connectivity index (χ3n) is 5.52. The van der Waals surface area contributed by atoms with Crippen LogP contribution in [0, 0.1) is 11.6 Å². The van der Waals surface area contributed by atoms with Gasteiger partial charge in [-0.3, -0.25) is 4.79 Å². The molecule has 3 aromatic rings. The van der Waals surface area contributed by atoms with Crippen molar-refractivity contribution in [1.29, 1.82) is 0 Å². The van der Waals surface area contributed by atoms with Crippen molar-refractivity contribution >= 4 is 16.8 Å². The van der Waals surface area contributed by atoms with Gasteiger partial charge in [-0.05, 0) is 50.2 Å². The fourth-order valence-corrected chi connectivity index (χ4v) is 4.22. The summed E-state index contributed by atoms with van der Waals surface area (Å²) in [7, 11) is 0. The predicted octanol–water partition coefficient (Wildman–Crippen LogP) is 4.78. The van der Waals surface area contributed by atoms with E-state index >= 15 is 0 Å². The molecule has 1 aliphatic heterocycles. The number of amides is 1. The molecule has 1 aliphatic rings. The summed E-state index contributed by atoms with van der Waals surface area (Å²) in [6.45, 7) is 8.76. The van der Waals surface area contributed by atoms with Crippen LogP contribution in [0.15, 0.2) is 55.1 Å². The normalized spacial score (nSPS) is 18.7. The Balaban J connectivity index is 1.82. The van der Waals surface area contributed by atoms with Gasteiger partial charge in [0, 0.05) is 24.0 Å². The molecule has 0 spiro atoms. The van der Waals surface area contributed by atoms with Crippen LogP contribution in [0.2, 0.25) is 0 Å². The first-order valence-corrected chi connectivity index (χ1v) is 10.6. The van der Waals surface area contributed by atoms with Crippen LogP contribution in [-0.2, 0) is 11.3 Å². The number of hydrogen-bond donors (Lipinski definition) is 0. The lowest BCUT2D eigenvalue weighted by Crippen LogP contribution is -2.48. The molecule has 2 heterocycles. The molecular weight excluding hydrogens is 414 g/mol. The third-order valence-corrected chi connectivity index (χ3v) is 5.52. The Labute approximate surface area is 185 Å². The second-order valence-electron chi connectivity index (χ2n) is 8.11. The van der Waals surface area contributed by atoms with Gasteiger partial charge in [0.2, 0.25) is 0 Å². The molecule has 1 saturated heterocycles. The number of benzene rings is 2. The van der Waals surface area contributed by atoms with Gasteiger partial charge in [0.1, 0.15) is 29.7 Å². The monoisotopic (exact) mass is 440 g/mol. The quantitative estimate of drug-likeness (QED) is 0.518. The van der Waals surface area contributed by atoms with Crippen LogP contribution in [-0.4, -0.2) is 47.3 Å². The van der Waals surface area contributed by atoms with E-state index in [0.29, 0.717) is 36.7 Å². The van der Waals surface area contributed by atoms with E-state index in [2.05, 4.69) is 6.58 Å². The Morgan fingerprint density at radius 3 is 2.66 bits per heavy atom. The van der Waals surface area contributed by atoms with Crippen molar-refractivity contribution in [2.45, 2.75) is 32.6 Å². The highest BCUT2D eigenvalue weighted by Crippen LogP contribution is 2.31. The van der Waals surface area contributed by atoms with Crippen molar-refractivity contribution in [3.8, 4) is 5.75 Å². The Kier molecular flexibility index (Phi) is 6.28. The Morgan fingerprint density at radius 1 is 1.19 bits per heavy atom. The van der Waals surface area contributed by atoms with Gasteiger partial charge in [-0.1, -0.05) is 18.7 Å². The van der Waals surface area contributed by atoms with E-state index in [9.17, 15) is 13.6 Å². The number of hydrogen-bond acceptors (Lipinski definition) is 3. The molecule has 0 aliphatic carbocycles. The molecule has 32 heavy (non-hydrogen) atoms. The molecule has 0 unspecified atom stereocenters. The molecule has 2 atom stereocenters. The maximum absolute atomic E-state index is 14.5. The molecule has 1 fully saturated rings. The molecule has 0 saturated carbocycles. The number of halogens is 2. The van der Waals surface area contributed by atoms with Crippen LogP contribution < -0.4 is 4.74 Å². The highest BCUT2D eigenvalue weighted by molar-refractivity contribution is 6.00. The summed E-state index contributed by atoms with van der Waals surface area (Å²) in [6.07, 6.45) is 1.46. The van der Waals surface area contributed by atoms with Crippen molar-refractivity contribution in [1.82, 2.24) is 9.47 Å². The van der Waals surface area contributed by atoms with E-state index < -0.39 is 11.6 Å². The third kappa shape index (κ3) is 4.39. The summed E-state index contributed by atoms with van der Waals surface area (Å²) in [4.78, 5) is 15.3. The minimum atomic E-state index is -0.531. The molecule has 5 nitrogen and oxygen atoms in total. The fourth-order valence-electron chi connectivity index (χ4n) is 4.22. The number of ether oxygens (including phenoxy) is 2. The number of carbonyl (C=O) groups excluding carboxylic acids is 1. The van der Waals surface area contributed by atoms with Crippen LogP contribution >= 0.6 is 0 Å². The number of morpholine rings is 1. The van der Waals surface area contributed by atoms with E-state index in [1.54, 1.807) is 21.6 Å². The molecule has 0 bridgehead atoms. The Bertz CT molecular complexity index is 1150. The molecule has 7 heteroatoms. The lowest BCUT2D eigenvalue weighted by Gasteiger charge is -2.35. The number of fused-ring (bicyclic) bond motifs is 1. The van der Waals surface area contributed by atoms with Gasteiger partial charge < -0.3 is 18.9 Å². The van der Waals surface area contributed by atoms with E-state index in [0.717, 1.165) is 23.6 Å². The largest absolute Gasteiger partial charge is 0.489 e. The number of rotatable bonds is 6. The van der Waals surface area contributed by atoms with Gasteiger partial charge in [-0.2, -0.15) is 0 Å². The summed E-state index contributed by atoms with van der Waals surface area (Å²) in [5.74, 6) is -0.649. The van der Waals surface area contributed by atoms with E-state index in [4.69, 9.17) is 9.47 Å². The zero-order valence-corrected chi connectivity index (χ0v) is 18.2. The van der Waals surface area contributed by atoms with E-state index in [1.807, 2.05) is 32.0 Å². The maximum Gasteiger partial charge on any atom is 0.270 e. The van der Waals surface area contributed by atoms with E-state index in [1.165, 1.54) is 0 Å². The highest BCUT2D eigenvalue weighted by Gasteiger charge is 2.29. The maximum atomic E-state index is 14.5. The SMILES string of the molecule is C=CCOc1cccc2c1cc(C(=O)N1C[C@H](C)O[C@@H](C)C1)n2Cc1cc(F)ccc1F. The van der Waals surface area contributed by atoms with Crippen molar-refractivity contribution in [2.24, 2.45) is 0 Å². The average Bonchev–Trinajstić information content (AvgIpc) is 3.12. The summed E-state index contributed by atoms with van der Waals surface area (Å²) in [5.41, 5.74) is 1.25. The van der Waals surface area contributed by atoms with Crippen molar-refractivity contribution < 1.29 is 23.0 Å². The molecule has 1 amide bonds. The second kappa shape index (κ2) is 9.12. The van der Waals surface area contributed by atoms with Crippen LogP contribution in [0.3, 0.4) is 0 Å². The first-order valence-electron chi connectivity index (χ1n) is 10.6. The van der Waals surface area contributed by atoms with Gasteiger partial charge in [-0.15, -0.1) is 0 Å². The predicted molar refractivity (Wildman–Crippen MR) is 119 cm³/mol. The molecule has 0 N–H and O–H groups in total. The average molecular weight is 440 g/mol. The Hall–Kier alpha value is -3.19. The van der Waals surface area contributed by atoms with Gasteiger partial charge in [0.05, 0.1) is 24.3 Å². The van der Waals surface area contributed by atoms with Gasteiger partial charge >= 0.3 is 0 Å². The van der Waals surface area contributed by atoms with Crippen molar-refractivity contribution in [2.75, 3.05) is 19.7 Å². The molecule has 4 rings (SSSR count). The minimum absolute atomic E-state index is 0.00846. The fraction of sp³-hybridized carbons (Fsp3) is 0.320. The van der Waals surface area contributed by atoms with Crippen molar-refractivity contribution in [3.63, 3.8) is 0 Å². The minimum Gasteiger partial charge on any atom is -0.489 e. The number of nitrogens with zero attached hydrogens (tertiary/aromatic N) is 2. The van der Waals surface area contributed by atoms with Crippen molar-refractivity contribution in [3.05, 3.63) is 78.0 Å².